The van der Waals surface area contributed by atoms with Crippen molar-refractivity contribution in [2.24, 2.45) is 0 Å². The number of nitrogens with one attached hydrogen (secondary N) is 2. The van der Waals surface area contributed by atoms with Gasteiger partial charge in [0.15, 0.2) is 0 Å². The van der Waals surface area contributed by atoms with Gasteiger partial charge in [-0.3, -0.25) is 24.0 Å². The lowest BCUT2D eigenvalue weighted by molar-refractivity contribution is -0.178. The quantitative estimate of drug-likeness (QED) is 0.313. The molecule has 0 spiro atoms. The number of aromatic nitrogens is 2. The minimum absolute atomic E-state index is 0.0619. The van der Waals surface area contributed by atoms with Crippen LogP contribution in [0, 0.1) is 23.7 Å². The highest BCUT2D eigenvalue weighted by Gasteiger charge is 2.82. The number of fused-ring (bicyclic) bond motifs is 1. The molecule has 3 aliphatic rings. The van der Waals surface area contributed by atoms with Gasteiger partial charge in [-0.25, -0.2) is 19.2 Å². The first-order chi connectivity index (χ1) is 23.1. The Balaban J connectivity index is 0.00000107. The van der Waals surface area contributed by atoms with E-state index < -0.39 is 46.1 Å². The number of pyridine rings is 2. The number of hydrogen-bond donors (Lipinski definition) is 2. The minimum Gasteiger partial charge on any atom is -0.463 e. The lowest BCUT2D eigenvalue weighted by Gasteiger charge is -2.40. The van der Waals surface area contributed by atoms with E-state index in [1.807, 2.05) is 12.1 Å². The standard InChI is InChI=1S/C32H26N6O6.C2H6OS/c1-3-43-27(39)31-32(28(40)44-4-2)37(29(41)35-31)19-25-23(11-9-21-7-5-15-33-17-21)13-14-24(12-10-22-8-6-16-34-18-22)26(25)20-38(32)30(42)36-31;1-4(2)3/h5-8,13-18H,3-4,19-20H2,1-2H3,(H,35,41)(H,36,42);1-2H3. The second-order valence-corrected chi connectivity index (χ2v) is 12.2. The number of nitrogens with zero attached hydrogens (tertiary/aromatic N) is 4. The molecule has 2 aromatic heterocycles. The van der Waals surface area contributed by atoms with E-state index in [4.69, 9.17) is 9.47 Å². The van der Waals surface area contributed by atoms with Gasteiger partial charge in [-0.1, -0.05) is 23.7 Å². The van der Waals surface area contributed by atoms with Crippen LogP contribution >= 0.6 is 0 Å². The Hall–Kier alpha value is -5.73. The zero-order valence-corrected chi connectivity index (χ0v) is 27.5. The fourth-order valence-electron chi connectivity index (χ4n) is 5.72. The molecule has 5 heterocycles. The summed E-state index contributed by atoms with van der Waals surface area (Å²) in [7, 11) is -0.611. The van der Waals surface area contributed by atoms with Gasteiger partial charge in [0.1, 0.15) is 0 Å². The van der Waals surface area contributed by atoms with Gasteiger partial charge in [0, 0.05) is 70.4 Å². The molecule has 2 saturated heterocycles. The number of carbonyl (C=O) groups is 4. The number of amides is 4. The van der Waals surface area contributed by atoms with Crippen molar-refractivity contribution in [2.75, 3.05) is 25.7 Å². The molecular formula is C34H32N6O7S. The Bertz CT molecular complexity index is 1800. The summed E-state index contributed by atoms with van der Waals surface area (Å²) in [5.74, 6) is 10.5. The number of ether oxygens (including phenoxy) is 2. The third-order valence-corrected chi connectivity index (χ3v) is 7.59. The Morgan fingerprint density at radius 1 is 0.792 bits per heavy atom. The highest BCUT2D eigenvalue weighted by molar-refractivity contribution is 7.83. The first-order valence-corrected chi connectivity index (χ1v) is 16.8. The van der Waals surface area contributed by atoms with Gasteiger partial charge in [0.2, 0.25) is 0 Å². The minimum atomic E-state index is -2.27. The van der Waals surface area contributed by atoms with E-state index in [1.54, 1.807) is 75.4 Å². The summed E-state index contributed by atoms with van der Waals surface area (Å²) in [6, 6.07) is 9.14. The van der Waals surface area contributed by atoms with Crippen LogP contribution in [0.2, 0.25) is 0 Å². The maximum atomic E-state index is 14.0. The highest BCUT2D eigenvalue weighted by atomic mass is 32.2. The van der Waals surface area contributed by atoms with Gasteiger partial charge in [-0.15, -0.1) is 0 Å². The number of carbonyl (C=O) groups excluding carboxylic acids is 4. The summed E-state index contributed by atoms with van der Waals surface area (Å²) >= 11 is 0. The summed E-state index contributed by atoms with van der Waals surface area (Å²) in [5, 5.41) is 5.10. The first-order valence-electron chi connectivity index (χ1n) is 14.9. The van der Waals surface area contributed by atoms with Gasteiger partial charge in [0.25, 0.3) is 11.3 Å². The second kappa shape index (κ2) is 13.9. The number of urea groups is 2. The molecule has 2 N–H and O–H groups in total. The normalized spacial score (nSPS) is 19.9. The summed E-state index contributed by atoms with van der Waals surface area (Å²) in [5.41, 5.74) is -0.994. The Morgan fingerprint density at radius 3 is 1.62 bits per heavy atom. The molecule has 1 aromatic carbocycles. The Labute approximate surface area is 279 Å². The van der Waals surface area contributed by atoms with E-state index in [0.717, 1.165) is 9.80 Å². The van der Waals surface area contributed by atoms with Crippen LogP contribution in [0.3, 0.4) is 0 Å². The summed E-state index contributed by atoms with van der Waals surface area (Å²) in [6.07, 6.45) is 9.80. The van der Waals surface area contributed by atoms with Gasteiger partial charge in [-0.05, 0) is 61.4 Å². The molecular weight excluding hydrogens is 636 g/mol. The molecule has 0 atom stereocenters. The van der Waals surface area contributed by atoms with Crippen LogP contribution in [0.25, 0.3) is 0 Å². The lowest BCUT2D eigenvalue weighted by Crippen LogP contribution is -2.74. The first kappa shape index (κ1) is 33.6. The fourth-order valence-corrected chi connectivity index (χ4v) is 5.72. The molecule has 13 nitrogen and oxygen atoms in total. The van der Waals surface area contributed by atoms with Crippen molar-refractivity contribution in [3.8, 4) is 23.7 Å². The molecule has 6 rings (SSSR count). The van der Waals surface area contributed by atoms with Crippen molar-refractivity contribution in [1.29, 1.82) is 0 Å². The largest absolute Gasteiger partial charge is 0.463 e. The van der Waals surface area contributed by atoms with E-state index in [1.165, 1.54) is 0 Å². The predicted molar refractivity (Wildman–Crippen MR) is 174 cm³/mol. The molecule has 0 bridgehead atoms. The number of esters is 2. The summed E-state index contributed by atoms with van der Waals surface area (Å²) in [4.78, 5) is 65.5. The molecule has 14 heteroatoms. The van der Waals surface area contributed by atoms with E-state index in [0.29, 0.717) is 33.4 Å². The van der Waals surface area contributed by atoms with Crippen LogP contribution in [0.15, 0.2) is 61.2 Å². The molecule has 0 aliphatic carbocycles. The van der Waals surface area contributed by atoms with Crippen molar-refractivity contribution in [1.82, 2.24) is 30.4 Å². The molecule has 3 aromatic rings. The van der Waals surface area contributed by atoms with Gasteiger partial charge < -0.3 is 20.1 Å². The number of benzene rings is 1. The van der Waals surface area contributed by atoms with Gasteiger partial charge in [-0.2, -0.15) is 0 Å². The van der Waals surface area contributed by atoms with Crippen molar-refractivity contribution in [2.45, 2.75) is 38.3 Å². The van der Waals surface area contributed by atoms with Crippen molar-refractivity contribution < 1.29 is 32.9 Å². The molecule has 0 unspecified atom stereocenters. The van der Waals surface area contributed by atoms with Crippen LogP contribution in [0.4, 0.5) is 9.59 Å². The monoisotopic (exact) mass is 668 g/mol. The third kappa shape index (κ3) is 5.94. The smallest absolute Gasteiger partial charge is 0.358 e. The lowest BCUT2D eigenvalue weighted by atomic mass is 9.93. The van der Waals surface area contributed by atoms with Crippen LogP contribution in [-0.2, 0) is 43.0 Å². The van der Waals surface area contributed by atoms with Crippen LogP contribution in [-0.4, -0.2) is 85.0 Å². The van der Waals surface area contributed by atoms with Crippen molar-refractivity contribution >= 4 is 34.8 Å². The molecule has 4 amide bonds. The second-order valence-electron chi connectivity index (χ2n) is 10.7. The average molecular weight is 669 g/mol. The molecule has 0 saturated carbocycles. The van der Waals surface area contributed by atoms with Crippen LogP contribution in [0.1, 0.15) is 47.2 Å². The van der Waals surface area contributed by atoms with E-state index in [2.05, 4.69) is 44.3 Å². The van der Waals surface area contributed by atoms with Gasteiger partial charge in [0.05, 0.1) is 26.3 Å². The molecule has 3 aliphatic heterocycles. The molecule has 0 radical (unpaired) electrons. The van der Waals surface area contributed by atoms with E-state index in [-0.39, 0.29) is 26.3 Å². The van der Waals surface area contributed by atoms with Gasteiger partial charge >= 0.3 is 24.0 Å². The molecule has 48 heavy (non-hydrogen) atoms. The summed E-state index contributed by atoms with van der Waals surface area (Å²) in [6.45, 7) is 2.64. The Kier molecular flexibility index (Phi) is 9.77. The average Bonchev–Trinajstić information content (AvgIpc) is 3.36. The summed E-state index contributed by atoms with van der Waals surface area (Å²) < 4.78 is 20.3. The van der Waals surface area contributed by atoms with E-state index >= 15 is 0 Å². The van der Waals surface area contributed by atoms with Crippen LogP contribution < -0.4 is 10.6 Å². The van der Waals surface area contributed by atoms with Crippen molar-refractivity contribution in [3.05, 3.63) is 94.6 Å². The fraction of sp³-hybridized carbons (Fsp3) is 0.294. The SMILES string of the molecule is CCOC(=O)C12NC(=O)N3Cc4c(C#Cc5cccnc5)ccc(C#Cc5cccnc5)c4CN(C(=O)N1)C32C(=O)OCC.CS(C)=O. The number of hydrogen-bond acceptors (Lipinski definition) is 9. The van der Waals surface area contributed by atoms with Crippen molar-refractivity contribution in [3.63, 3.8) is 0 Å². The molecule has 2 fully saturated rings. The topological polar surface area (TPSA) is 160 Å². The molecule has 246 valence electrons. The maximum Gasteiger partial charge on any atom is 0.358 e. The highest BCUT2D eigenvalue weighted by Crippen LogP contribution is 2.47. The third-order valence-electron chi connectivity index (χ3n) is 7.59. The maximum absolute atomic E-state index is 14.0. The zero-order chi connectivity index (χ0) is 34.5. The van der Waals surface area contributed by atoms with E-state index in [9.17, 15) is 23.4 Å². The Morgan fingerprint density at radius 2 is 1.23 bits per heavy atom. The van der Waals surface area contributed by atoms with Crippen LogP contribution in [0.5, 0.6) is 0 Å². The zero-order valence-electron chi connectivity index (χ0n) is 26.7. The number of rotatable bonds is 4. The predicted octanol–water partition coefficient (Wildman–Crippen LogP) is 1.85.